The quantitative estimate of drug-likeness (QED) is 0.669. The summed E-state index contributed by atoms with van der Waals surface area (Å²) in [7, 11) is 0. The number of fused-ring (bicyclic) bond motifs is 1. The summed E-state index contributed by atoms with van der Waals surface area (Å²) in [4.78, 5) is 34.7. The molecule has 1 aromatic carbocycles. The largest absolute Gasteiger partial charge is 0.349 e. The van der Waals surface area contributed by atoms with Crippen LogP contribution in [0.5, 0.6) is 0 Å². The van der Waals surface area contributed by atoms with E-state index in [0.29, 0.717) is 29.8 Å². The van der Waals surface area contributed by atoms with Crippen molar-refractivity contribution in [2.45, 2.75) is 20.8 Å². The summed E-state index contributed by atoms with van der Waals surface area (Å²) in [6.45, 7) is 9.85. The van der Waals surface area contributed by atoms with Crippen LogP contribution >= 0.6 is 0 Å². The second-order valence-corrected chi connectivity index (χ2v) is 5.73. The van der Waals surface area contributed by atoms with E-state index >= 15 is 0 Å². The van der Waals surface area contributed by atoms with Crippen LogP contribution in [-0.4, -0.2) is 59.5 Å². The molecule has 0 atom stereocenters. The highest BCUT2D eigenvalue weighted by Crippen LogP contribution is 2.16. The Bertz CT molecular complexity index is 760. The van der Waals surface area contributed by atoms with Gasteiger partial charge >= 0.3 is 6.03 Å². The molecule has 0 aliphatic carbocycles. The molecule has 140 valence electrons. The number of carbonyl (C=O) groups is 2. The van der Waals surface area contributed by atoms with Gasteiger partial charge in [0, 0.05) is 25.3 Å². The molecule has 0 aliphatic heterocycles. The molecule has 0 radical (unpaired) electrons. The monoisotopic (exact) mass is 358 g/mol. The SMILES string of the molecule is CCNC(=O)Nc1ccc2nc(C(=O)NCCN(CC)CC)cnc2c1. The molecule has 2 rings (SSSR count). The van der Waals surface area contributed by atoms with Crippen molar-refractivity contribution in [1.29, 1.82) is 0 Å². The lowest BCUT2D eigenvalue weighted by molar-refractivity contribution is 0.0944. The molecule has 0 unspecified atom stereocenters. The van der Waals surface area contributed by atoms with Crippen LogP contribution in [0.3, 0.4) is 0 Å². The Morgan fingerprint density at radius 2 is 1.85 bits per heavy atom. The van der Waals surface area contributed by atoms with E-state index in [2.05, 4.69) is 44.7 Å². The first-order chi connectivity index (χ1) is 12.6. The van der Waals surface area contributed by atoms with Gasteiger partial charge in [-0.25, -0.2) is 9.78 Å². The van der Waals surface area contributed by atoms with E-state index in [9.17, 15) is 9.59 Å². The van der Waals surface area contributed by atoms with Crippen molar-refractivity contribution in [2.75, 3.05) is 38.0 Å². The van der Waals surface area contributed by atoms with Gasteiger partial charge in [-0.15, -0.1) is 0 Å². The number of nitrogens with one attached hydrogen (secondary N) is 3. The van der Waals surface area contributed by atoms with Gasteiger partial charge in [0.25, 0.3) is 5.91 Å². The molecule has 0 spiro atoms. The van der Waals surface area contributed by atoms with E-state index in [-0.39, 0.29) is 17.6 Å². The predicted octanol–water partition coefficient (Wildman–Crippen LogP) is 1.84. The molecule has 0 saturated carbocycles. The zero-order valence-electron chi connectivity index (χ0n) is 15.5. The van der Waals surface area contributed by atoms with E-state index in [4.69, 9.17) is 0 Å². The van der Waals surface area contributed by atoms with E-state index in [1.165, 1.54) is 6.20 Å². The first-order valence-corrected chi connectivity index (χ1v) is 8.89. The summed E-state index contributed by atoms with van der Waals surface area (Å²) >= 11 is 0. The molecular weight excluding hydrogens is 332 g/mol. The maximum absolute atomic E-state index is 12.2. The van der Waals surface area contributed by atoms with E-state index in [1.807, 2.05) is 6.92 Å². The van der Waals surface area contributed by atoms with Gasteiger partial charge in [0.1, 0.15) is 5.69 Å². The Balaban J connectivity index is 2.02. The topological polar surface area (TPSA) is 99.2 Å². The highest BCUT2D eigenvalue weighted by molar-refractivity contribution is 5.95. The average Bonchev–Trinajstić information content (AvgIpc) is 2.64. The van der Waals surface area contributed by atoms with Crippen molar-refractivity contribution in [3.63, 3.8) is 0 Å². The fourth-order valence-electron chi connectivity index (χ4n) is 2.49. The number of benzene rings is 1. The van der Waals surface area contributed by atoms with Crippen molar-refractivity contribution in [1.82, 2.24) is 25.5 Å². The molecule has 0 aliphatic rings. The normalized spacial score (nSPS) is 10.8. The van der Waals surface area contributed by atoms with Crippen LogP contribution in [0.15, 0.2) is 24.4 Å². The second kappa shape index (κ2) is 9.67. The minimum absolute atomic E-state index is 0.240. The second-order valence-electron chi connectivity index (χ2n) is 5.73. The minimum Gasteiger partial charge on any atom is -0.349 e. The first-order valence-electron chi connectivity index (χ1n) is 8.89. The maximum atomic E-state index is 12.2. The number of nitrogens with zero attached hydrogens (tertiary/aromatic N) is 3. The molecule has 1 aromatic heterocycles. The average molecular weight is 358 g/mol. The van der Waals surface area contributed by atoms with Crippen molar-refractivity contribution < 1.29 is 9.59 Å². The van der Waals surface area contributed by atoms with Gasteiger partial charge in [0.15, 0.2) is 0 Å². The van der Waals surface area contributed by atoms with Gasteiger partial charge in [0.2, 0.25) is 0 Å². The predicted molar refractivity (Wildman–Crippen MR) is 102 cm³/mol. The molecule has 2 aromatic rings. The van der Waals surface area contributed by atoms with Crippen LogP contribution in [0.1, 0.15) is 31.3 Å². The number of carbonyl (C=O) groups excluding carboxylic acids is 2. The molecule has 0 fully saturated rings. The van der Waals surface area contributed by atoms with Gasteiger partial charge in [-0.2, -0.15) is 0 Å². The lowest BCUT2D eigenvalue weighted by Crippen LogP contribution is -2.35. The molecule has 8 nitrogen and oxygen atoms in total. The number of likely N-dealkylation sites (N-methyl/N-ethyl adjacent to an activating group) is 1. The fourth-order valence-corrected chi connectivity index (χ4v) is 2.49. The summed E-state index contributed by atoms with van der Waals surface area (Å²) in [5.41, 5.74) is 2.11. The van der Waals surface area contributed by atoms with Gasteiger partial charge < -0.3 is 20.9 Å². The molecular formula is C18H26N6O2. The van der Waals surface area contributed by atoms with Crippen molar-refractivity contribution >= 4 is 28.7 Å². The van der Waals surface area contributed by atoms with Crippen molar-refractivity contribution in [3.05, 3.63) is 30.1 Å². The van der Waals surface area contributed by atoms with Crippen LogP contribution in [0.4, 0.5) is 10.5 Å². The van der Waals surface area contributed by atoms with Crippen LogP contribution in [0.2, 0.25) is 0 Å². The number of aromatic nitrogens is 2. The van der Waals surface area contributed by atoms with Crippen molar-refractivity contribution in [3.8, 4) is 0 Å². The number of rotatable bonds is 8. The Morgan fingerprint density at radius 1 is 1.08 bits per heavy atom. The number of hydrogen-bond acceptors (Lipinski definition) is 5. The maximum Gasteiger partial charge on any atom is 0.319 e. The van der Waals surface area contributed by atoms with E-state index in [1.54, 1.807) is 18.2 Å². The van der Waals surface area contributed by atoms with Gasteiger partial charge in [-0.3, -0.25) is 9.78 Å². The highest BCUT2D eigenvalue weighted by atomic mass is 16.2. The molecule has 0 bridgehead atoms. The third kappa shape index (κ3) is 5.38. The molecule has 3 N–H and O–H groups in total. The lowest BCUT2D eigenvalue weighted by Gasteiger charge is -2.17. The Morgan fingerprint density at radius 3 is 2.54 bits per heavy atom. The van der Waals surface area contributed by atoms with Crippen LogP contribution in [-0.2, 0) is 0 Å². The molecule has 3 amide bonds. The minimum atomic E-state index is -0.274. The summed E-state index contributed by atoms with van der Waals surface area (Å²) in [5.74, 6) is -0.240. The van der Waals surface area contributed by atoms with Crippen LogP contribution in [0, 0.1) is 0 Å². The van der Waals surface area contributed by atoms with Gasteiger partial charge in [-0.1, -0.05) is 13.8 Å². The smallest absolute Gasteiger partial charge is 0.319 e. The third-order valence-electron chi connectivity index (χ3n) is 3.98. The summed E-state index contributed by atoms with van der Waals surface area (Å²) in [5, 5.41) is 8.25. The Hall–Kier alpha value is -2.74. The number of anilines is 1. The van der Waals surface area contributed by atoms with Gasteiger partial charge in [0.05, 0.1) is 17.2 Å². The molecule has 26 heavy (non-hydrogen) atoms. The zero-order chi connectivity index (χ0) is 18.9. The van der Waals surface area contributed by atoms with Crippen LogP contribution < -0.4 is 16.0 Å². The van der Waals surface area contributed by atoms with Gasteiger partial charge in [-0.05, 0) is 38.2 Å². The van der Waals surface area contributed by atoms with Crippen LogP contribution in [0.25, 0.3) is 11.0 Å². The fraction of sp³-hybridized carbons (Fsp3) is 0.444. The molecule has 8 heteroatoms. The van der Waals surface area contributed by atoms with E-state index < -0.39 is 0 Å². The summed E-state index contributed by atoms with van der Waals surface area (Å²) in [6.07, 6.45) is 1.45. The molecule has 0 saturated heterocycles. The number of amides is 3. The first kappa shape index (κ1) is 19.6. The number of urea groups is 1. The highest BCUT2D eigenvalue weighted by Gasteiger charge is 2.10. The number of hydrogen-bond donors (Lipinski definition) is 3. The standard InChI is InChI=1S/C18H26N6O2/c1-4-19-18(26)22-13-7-8-14-15(11-13)21-12-16(23-14)17(25)20-9-10-24(5-2)6-3/h7-8,11-12H,4-6,9-10H2,1-3H3,(H,20,25)(H2,19,22,26). The summed E-state index contributed by atoms with van der Waals surface area (Å²) in [6, 6.07) is 4.91. The van der Waals surface area contributed by atoms with E-state index in [0.717, 1.165) is 19.6 Å². The Labute approximate surface area is 153 Å². The lowest BCUT2D eigenvalue weighted by atomic mass is 10.2. The third-order valence-corrected chi connectivity index (χ3v) is 3.98. The van der Waals surface area contributed by atoms with Crippen molar-refractivity contribution in [2.24, 2.45) is 0 Å². The Kier molecular flexibility index (Phi) is 7.28. The summed E-state index contributed by atoms with van der Waals surface area (Å²) < 4.78 is 0. The zero-order valence-corrected chi connectivity index (χ0v) is 15.5. The molecule has 1 heterocycles.